The molecule has 0 unspecified atom stereocenters. The van der Waals surface area contributed by atoms with Crippen molar-refractivity contribution in [2.75, 3.05) is 5.73 Å². The summed E-state index contributed by atoms with van der Waals surface area (Å²) in [7, 11) is 0. The van der Waals surface area contributed by atoms with Crippen LogP contribution < -0.4 is 5.73 Å². The molecule has 0 fully saturated rings. The van der Waals surface area contributed by atoms with E-state index in [9.17, 15) is 10.1 Å². The Morgan fingerprint density at radius 3 is 2.65 bits per heavy atom. The van der Waals surface area contributed by atoms with Gasteiger partial charge in [-0.2, -0.15) is 0 Å². The molecule has 7 heteroatoms. The van der Waals surface area contributed by atoms with Crippen LogP contribution in [-0.2, 0) is 5.75 Å². The van der Waals surface area contributed by atoms with Crippen molar-refractivity contribution in [3.63, 3.8) is 0 Å². The first-order valence-corrected chi connectivity index (χ1v) is 7.73. The number of nitrogen functional groups attached to an aromatic ring is 1. The summed E-state index contributed by atoms with van der Waals surface area (Å²) < 4.78 is 0.714. The highest BCUT2D eigenvalue weighted by Gasteiger charge is 2.10. The van der Waals surface area contributed by atoms with Gasteiger partial charge in [0.1, 0.15) is 0 Å². The third-order valence-electron chi connectivity index (χ3n) is 2.59. The zero-order valence-electron chi connectivity index (χ0n) is 10.2. The summed E-state index contributed by atoms with van der Waals surface area (Å²) in [6, 6.07) is 10.1. The Morgan fingerprint density at radius 2 is 2.05 bits per heavy atom. The van der Waals surface area contributed by atoms with Crippen molar-refractivity contribution >= 4 is 50.7 Å². The zero-order chi connectivity index (χ0) is 14.7. The van der Waals surface area contributed by atoms with Crippen LogP contribution in [0.2, 0.25) is 5.02 Å². The van der Waals surface area contributed by atoms with Gasteiger partial charge in [-0.1, -0.05) is 33.6 Å². The minimum Gasteiger partial charge on any atom is -0.399 e. The second-order valence-electron chi connectivity index (χ2n) is 4.01. The maximum absolute atomic E-state index is 10.7. The number of nitrogens with two attached hydrogens (primary N) is 1. The average Bonchev–Trinajstić information content (AvgIpc) is 2.38. The van der Waals surface area contributed by atoms with E-state index in [1.54, 1.807) is 30.0 Å². The molecular weight excluding hydrogens is 364 g/mol. The van der Waals surface area contributed by atoms with Crippen molar-refractivity contribution in [3.8, 4) is 0 Å². The first kappa shape index (κ1) is 15.2. The molecule has 0 amide bonds. The largest absolute Gasteiger partial charge is 0.399 e. The summed E-state index contributed by atoms with van der Waals surface area (Å²) >= 11 is 11.0. The van der Waals surface area contributed by atoms with Crippen LogP contribution >= 0.6 is 39.3 Å². The van der Waals surface area contributed by atoms with Crippen LogP contribution in [-0.4, -0.2) is 4.92 Å². The maximum atomic E-state index is 10.7. The van der Waals surface area contributed by atoms with Crippen LogP contribution in [0.25, 0.3) is 0 Å². The highest BCUT2D eigenvalue weighted by Crippen LogP contribution is 2.33. The third-order valence-corrected chi connectivity index (χ3v) is 4.87. The Hall–Kier alpha value is -1.24. The summed E-state index contributed by atoms with van der Waals surface area (Å²) in [5, 5.41) is 11.3. The number of thioether (sulfide) groups is 1. The predicted octanol–water partition coefficient (Wildman–Crippen LogP) is 4.89. The molecule has 20 heavy (non-hydrogen) atoms. The molecule has 0 atom stereocenters. The zero-order valence-corrected chi connectivity index (χ0v) is 13.3. The van der Waals surface area contributed by atoms with E-state index in [1.165, 1.54) is 12.1 Å². The summed E-state index contributed by atoms with van der Waals surface area (Å²) in [6.07, 6.45) is 0. The van der Waals surface area contributed by atoms with Crippen molar-refractivity contribution in [1.82, 2.24) is 0 Å². The van der Waals surface area contributed by atoms with Gasteiger partial charge in [0.25, 0.3) is 5.69 Å². The molecule has 0 aromatic heterocycles. The van der Waals surface area contributed by atoms with Gasteiger partial charge in [-0.05, 0) is 23.8 Å². The number of halogens is 2. The normalized spacial score (nSPS) is 10.5. The lowest BCUT2D eigenvalue weighted by Crippen LogP contribution is -1.90. The number of nitro groups is 1. The van der Waals surface area contributed by atoms with Crippen molar-refractivity contribution < 1.29 is 4.92 Å². The molecule has 2 rings (SSSR count). The first-order chi connectivity index (χ1) is 9.47. The molecular formula is C13H10BrClN2O2S. The number of hydrogen-bond acceptors (Lipinski definition) is 4. The minimum atomic E-state index is -0.418. The average molecular weight is 374 g/mol. The fourth-order valence-corrected chi connectivity index (χ4v) is 3.53. The van der Waals surface area contributed by atoms with Crippen molar-refractivity contribution in [2.45, 2.75) is 10.6 Å². The van der Waals surface area contributed by atoms with Gasteiger partial charge >= 0.3 is 0 Å². The molecule has 2 aromatic carbocycles. The van der Waals surface area contributed by atoms with E-state index >= 15 is 0 Å². The van der Waals surface area contributed by atoms with Crippen molar-refractivity contribution in [3.05, 3.63) is 61.6 Å². The van der Waals surface area contributed by atoms with Crippen LogP contribution in [0, 0.1) is 10.1 Å². The van der Waals surface area contributed by atoms with E-state index in [1.807, 2.05) is 6.07 Å². The van der Waals surface area contributed by atoms with Gasteiger partial charge < -0.3 is 5.73 Å². The van der Waals surface area contributed by atoms with E-state index in [2.05, 4.69) is 15.9 Å². The molecule has 0 radical (unpaired) electrons. The molecule has 0 aliphatic carbocycles. The van der Waals surface area contributed by atoms with Crippen LogP contribution in [0.5, 0.6) is 0 Å². The highest BCUT2D eigenvalue weighted by atomic mass is 79.9. The molecule has 4 nitrogen and oxygen atoms in total. The summed E-state index contributed by atoms with van der Waals surface area (Å²) in [4.78, 5) is 11.2. The lowest BCUT2D eigenvalue weighted by molar-refractivity contribution is -0.384. The SMILES string of the molecule is Nc1ccc(SCc2ccc([N+](=O)[O-])cc2Br)c(Cl)c1. The van der Waals surface area contributed by atoms with Crippen LogP contribution in [0.15, 0.2) is 45.8 Å². The van der Waals surface area contributed by atoms with Gasteiger partial charge in [-0.25, -0.2) is 0 Å². The monoisotopic (exact) mass is 372 g/mol. The molecule has 0 aliphatic rings. The van der Waals surface area contributed by atoms with Crippen LogP contribution in [0.4, 0.5) is 11.4 Å². The topological polar surface area (TPSA) is 69.2 Å². The standard InChI is InChI=1S/C13H10BrClN2O2S/c14-11-6-10(17(18)19)3-1-8(11)7-20-13-4-2-9(16)5-12(13)15/h1-6H,7,16H2. The smallest absolute Gasteiger partial charge is 0.270 e. The number of anilines is 1. The molecule has 2 N–H and O–H groups in total. The lowest BCUT2D eigenvalue weighted by Gasteiger charge is -2.07. The quantitative estimate of drug-likeness (QED) is 0.359. The second-order valence-corrected chi connectivity index (χ2v) is 6.29. The summed E-state index contributed by atoms with van der Waals surface area (Å²) in [6.45, 7) is 0. The Kier molecular flexibility index (Phi) is 4.91. The number of benzene rings is 2. The lowest BCUT2D eigenvalue weighted by atomic mass is 10.2. The Bertz CT molecular complexity index is 667. The predicted molar refractivity (Wildman–Crippen MR) is 86.2 cm³/mol. The number of nitrogens with zero attached hydrogens (tertiary/aromatic N) is 1. The Balaban J connectivity index is 2.13. The van der Waals surface area contributed by atoms with Gasteiger partial charge in [0.05, 0.1) is 9.95 Å². The summed E-state index contributed by atoms with van der Waals surface area (Å²) in [5.41, 5.74) is 7.29. The third kappa shape index (κ3) is 3.65. The minimum absolute atomic E-state index is 0.0659. The number of rotatable bonds is 4. The van der Waals surface area contributed by atoms with Gasteiger partial charge in [-0.15, -0.1) is 11.8 Å². The molecule has 0 bridgehead atoms. The van der Waals surface area contributed by atoms with E-state index < -0.39 is 4.92 Å². The molecule has 0 spiro atoms. The van der Waals surface area contributed by atoms with Crippen molar-refractivity contribution in [1.29, 1.82) is 0 Å². The maximum Gasteiger partial charge on any atom is 0.270 e. The highest BCUT2D eigenvalue weighted by molar-refractivity contribution is 9.10. The molecule has 104 valence electrons. The Morgan fingerprint density at radius 1 is 1.30 bits per heavy atom. The second kappa shape index (κ2) is 6.47. The van der Waals surface area contributed by atoms with E-state index in [4.69, 9.17) is 17.3 Å². The molecule has 0 saturated heterocycles. The van der Waals surface area contributed by atoms with Crippen LogP contribution in [0.1, 0.15) is 5.56 Å². The Labute approximate surface area is 133 Å². The molecule has 0 heterocycles. The van der Waals surface area contributed by atoms with Gasteiger partial charge in [-0.3, -0.25) is 10.1 Å². The molecule has 2 aromatic rings. The number of hydrogen-bond donors (Lipinski definition) is 1. The number of non-ortho nitro benzene ring substituents is 1. The van der Waals surface area contributed by atoms with Crippen LogP contribution in [0.3, 0.4) is 0 Å². The number of nitro benzene ring substituents is 1. The van der Waals surface area contributed by atoms with E-state index in [0.717, 1.165) is 10.5 Å². The van der Waals surface area contributed by atoms with Gasteiger partial charge in [0.2, 0.25) is 0 Å². The van der Waals surface area contributed by atoms with E-state index in [-0.39, 0.29) is 5.69 Å². The first-order valence-electron chi connectivity index (χ1n) is 5.58. The van der Waals surface area contributed by atoms with E-state index in [0.29, 0.717) is 20.9 Å². The van der Waals surface area contributed by atoms with Gasteiger partial charge in [0.15, 0.2) is 0 Å². The summed E-state index contributed by atoms with van der Waals surface area (Å²) in [5.74, 6) is 0.655. The fraction of sp³-hybridized carbons (Fsp3) is 0.0769. The van der Waals surface area contributed by atoms with Crippen molar-refractivity contribution in [2.24, 2.45) is 0 Å². The van der Waals surface area contributed by atoms with Gasteiger partial charge in [0, 0.05) is 32.9 Å². The fourth-order valence-electron chi connectivity index (χ4n) is 1.56. The molecule has 0 saturated carbocycles. The molecule has 0 aliphatic heterocycles.